The number of benzene rings is 1. The summed E-state index contributed by atoms with van der Waals surface area (Å²) in [6.45, 7) is 0. The van der Waals surface area contributed by atoms with E-state index in [1.54, 1.807) is 0 Å². The normalized spacial score (nSPS) is 28.1. The van der Waals surface area contributed by atoms with Crippen molar-refractivity contribution in [3.05, 3.63) is 53.6 Å². The first kappa shape index (κ1) is 20.7. The fourth-order valence-electron chi connectivity index (χ4n) is 6.93. The van der Waals surface area contributed by atoms with Crippen LogP contribution in [-0.4, -0.2) is 38.0 Å². The monoisotopic (exact) mass is 454 g/mol. The van der Waals surface area contributed by atoms with Crippen LogP contribution in [0.2, 0.25) is 0 Å². The lowest BCUT2D eigenvalue weighted by atomic mass is 9.52. The van der Waals surface area contributed by atoms with Crippen molar-refractivity contribution in [2.75, 3.05) is 7.05 Å². The number of aromatic nitrogens is 3. The van der Waals surface area contributed by atoms with Gasteiger partial charge in [-0.25, -0.2) is 22.7 Å². The lowest BCUT2D eigenvalue weighted by Gasteiger charge is -2.59. The Bertz CT molecular complexity index is 1200. The van der Waals surface area contributed by atoms with Crippen LogP contribution >= 0.6 is 0 Å². The van der Waals surface area contributed by atoms with Gasteiger partial charge in [0, 0.05) is 18.2 Å². The van der Waals surface area contributed by atoms with E-state index in [1.165, 1.54) is 55.8 Å². The largest absolute Gasteiger partial charge is 0.336 e. The van der Waals surface area contributed by atoms with Crippen LogP contribution in [0.15, 0.2) is 36.5 Å². The molecule has 4 saturated carbocycles. The molecule has 0 atom stereocenters. The summed E-state index contributed by atoms with van der Waals surface area (Å²) in [7, 11) is 1.84. The van der Waals surface area contributed by atoms with Gasteiger partial charge in [0.2, 0.25) is 0 Å². The molecule has 0 aliphatic heterocycles. The minimum absolute atomic E-state index is 0.105. The number of carbonyl (C=O) groups is 1. The molecule has 0 N–H and O–H groups in total. The summed E-state index contributed by atoms with van der Waals surface area (Å²) in [4.78, 5) is 20.1. The lowest BCUT2D eigenvalue weighted by Crippen LogP contribution is -2.60. The molecule has 0 radical (unpaired) electrons. The van der Waals surface area contributed by atoms with E-state index in [2.05, 4.69) is 10.1 Å². The van der Waals surface area contributed by atoms with Gasteiger partial charge in [0.05, 0.1) is 11.9 Å². The van der Waals surface area contributed by atoms with E-state index >= 15 is 0 Å². The molecule has 2 heterocycles. The predicted molar refractivity (Wildman–Crippen MR) is 116 cm³/mol. The Morgan fingerprint density at radius 1 is 1.09 bits per heavy atom. The summed E-state index contributed by atoms with van der Waals surface area (Å²) in [5.41, 5.74) is 0.559. The second-order valence-corrected chi connectivity index (χ2v) is 10.2. The summed E-state index contributed by atoms with van der Waals surface area (Å²) in [5.74, 6) is 1.36. The fraction of sp³-hybridized carbons (Fsp3) is 0.480. The van der Waals surface area contributed by atoms with Gasteiger partial charge in [0.25, 0.3) is 12.3 Å². The number of amides is 1. The van der Waals surface area contributed by atoms with Crippen LogP contribution in [0.1, 0.15) is 61.0 Å². The van der Waals surface area contributed by atoms with E-state index in [9.17, 15) is 18.0 Å². The zero-order valence-corrected chi connectivity index (χ0v) is 18.3. The molecule has 33 heavy (non-hydrogen) atoms. The van der Waals surface area contributed by atoms with Crippen molar-refractivity contribution in [1.29, 1.82) is 0 Å². The Hall–Kier alpha value is -2.90. The number of halogens is 3. The van der Waals surface area contributed by atoms with Crippen LogP contribution in [0.4, 0.5) is 13.2 Å². The molecule has 0 spiro atoms. The van der Waals surface area contributed by atoms with Crippen molar-refractivity contribution in [3.63, 3.8) is 0 Å². The maximum absolute atomic E-state index is 13.9. The van der Waals surface area contributed by atoms with Gasteiger partial charge in [-0.15, -0.1) is 0 Å². The Balaban J connectivity index is 1.42. The van der Waals surface area contributed by atoms with Crippen LogP contribution in [0.5, 0.6) is 0 Å². The van der Waals surface area contributed by atoms with Gasteiger partial charge in [0.1, 0.15) is 17.1 Å². The molecule has 0 saturated heterocycles. The van der Waals surface area contributed by atoms with Gasteiger partial charge in [-0.1, -0.05) is 0 Å². The molecule has 4 aliphatic rings. The van der Waals surface area contributed by atoms with Crippen LogP contribution in [0, 0.1) is 23.6 Å². The number of alkyl halides is 2. The molecule has 4 bridgehead atoms. The second kappa shape index (κ2) is 7.30. The van der Waals surface area contributed by atoms with Crippen molar-refractivity contribution in [2.24, 2.45) is 17.8 Å². The highest BCUT2D eigenvalue weighted by atomic mass is 19.3. The maximum atomic E-state index is 13.9. The topological polar surface area (TPSA) is 50.5 Å². The molecule has 1 amide bonds. The first-order chi connectivity index (χ1) is 15.8. The van der Waals surface area contributed by atoms with Crippen LogP contribution in [0.3, 0.4) is 0 Å². The third kappa shape index (κ3) is 3.25. The minimum Gasteiger partial charge on any atom is -0.336 e. The quantitative estimate of drug-likeness (QED) is 0.522. The van der Waals surface area contributed by atoms with Crippen molar-refractivity contribution in [1.82, 2.24) is 19.5 Å². The second-order valence-electron chi connectivity index (χ2n) is 10.2. The van der Waals surface area contributed by atoms with E-state index in [0.717, 1.165) is 23.8 Å². The van der Waals surface area contributed by atoms with Crippen molar-refractivity contribution in [2.45, 2.75) is 50.5 Å². The summed E-state index contributed by atoms with van der Waals surface area (Å²) in [6, 6.07) is 6.74. The number of carbonyl (C=O) groups excluding carboxylic acids is 1. The predicted octanol–water partition coefficient (Wildman–Crippen LogP) is 5.51. The summed E-state index contributed by atoms with van der Waals surface area (Å²) < 4.78 is 42.2. The fourth-order valence-corrected chi connectivity index (χ4v) is 6.93. The number of rotatable bonds is 4. The number of hydrogen-bond acceptors (Lipinski definition) is 3. The number of fused-ring (bicyclic) bond motifs is 1. The minimum atomic E-state index is -2.81. The van der Waals surface area contributed by atoms with E-state index in [-0.39, 0.29) is 34.0 Å². The molecular formula is C25H25F3N4O. The van der Waals surface area contributed by atoms with E-state index in [4.69, 9.17) is 0 Å². The average Bonchev–Trinajstić information content (AvgIpc) is 3.21. The molecule has 4 aliphatic carbocycles. The molecule has 1 aromatic carbocycles. The summed E-state index contributed by atoms with van der Waals surface area (Å²) in [5, 5.41) is 4.11. The van der Waals surface area contributed by atoms with E-state index in [1.807, 2.05) is 11.9 Å². The Morgan fingerprint density at radius 3 is 2.27 bits per heavy atom. The molecule has 172 valence electrons. The molecule has 5 nitrogen and oxygen atoms in total. The third-order valence-electron chi connectivity index (χ3n) is 8.12. The van der Waals surface area contributed by atoms with Gasteiger partial charge in [-0.05, 0) is 86.6 Å². The Kier molecular flexibility index (Phi) is 4.58. The van der Waals surface area contributed by atoms with Crippen molar-refractivity contribution < 1.29 is 18.0 Å². The molecule has 2 aromatic heterocycles. The molecule has 0 unspecified atom stereocenters. The highest BCUT2D eigenvalue weighted by Crippen LogP contribution is 2.57. The van der Waals surface area contributed by atoms with E-state index < -0.39 is 12.2 Å². The standard InChI is InChI=1S/C25H25F3N4O/c1-31(25-10-14-6-15(11-25)8-16(7-14)12-25)24(33)19-13-29-32-21(22(27)28)9-20(30-23(19)32)17-2-4-18(26)5-3-17/h2-5,9,13-16,22H,6-8,10-12H2,1H3. The molecule has 4 fully saturated rings. The third-order valence-corrected chi connectivity index (χ3v) is 8.12. The summed E-state index contributed by atoms with van der Waals surface area (Å²) >= 11 is 0. The first-order valence-electron chi connectivity index (χ1n) is 11.5. The van der Waals surface area contributed by atoms with Gasteiger partial charge >= 0.3 is 0 Å². The highest BCUT2D eigenvalue weighted by molar-refractivity contribution is 6.00. The molecular weight excluding hydrogens is 429 g/mol. The Labute approximate surface area is 189 Å². The zero-order chi connectivity index (χ0) is 22.9. The first-order valence-corrected chi connectivity index (χ1v) is 11.5. The zero-order valence-electron chi connectivity index (χ0n) is 18.3. The molecule has 7 rings (SSSR count). The van der Waals surface area contributed by atoms with Crippen molar-refractivity contribution in [3.8, 4) is 11.3 Å². The van der Waals surface area contributed by atoms with Gasteiger partial charge in [-0.2, -0.15) is 5.10 Å². The van der Waals surface area contributed by atoms with Crippen LogP contribution in [0.25, 0.3) is 16.9 Å². The lowest BCUT2D eigenvalue weighted by molar-refractivity contribution is -0.0665. The molecule has 3 aromatic rings. The summed E-state index contributed by atoms with van der Waals surface area (Å²) in [6.07, 6.45) is 5.36. The van der Waals surface area contributed by atoms with Crippen LogP contribution < -0.4 is 0 Å². The smallest absolute Gasteiger partial charge is 0.280 e. The van der Waals surface area contributed by atoms with Crippen LogP contribution in [-0.2, 0) is 0 Å². The number of hydrogen-bond donors (Lipinski definition) is 0. The SMILES string of the molecule is CN(C(=O)c1cnn2c(C(F)F)cc(-c3ccc(F)cc3)nc12)C12CC3CC(CC(C3)C1)C2. The average molecular weight is 454 g/mol. The van der Waals surface area contributed by atoms with Crippen molar-refractivity contribution >= 4 is 11.6 Å². The molecule has 8 heteroatoms. The van der Waals surface area contributed by atoms with Gasteiger partial charge < -0.3 is 4.90 Å². The van der Waals surface area contributed by atoms with Gasteiger partial charge in [0.15, 0.2) is 5.65 Å². The number of nitrogens with zero attached hydrogens (tertiary/aromatic N) is 4. The van der Waals surface area contributed by atoms with E-state index in [0.29, 0.717) is 23.3 Å². The van der Waals surface area contributed by atoms with Gasteiger partial charge in [-0.3, -0.25) is 4.79 Å². The maximum Gasteiger partial charge on any atom is 0.280 e. The Morgan fingerprint density at radius 2 is 1.70 bits per heavy atom. The highest BCUT2D eigenvalue weighted by Gasteiger charge is 2.54.